The van der Waals surface area contributed by atoms with Crippen LogP contribution in [0.3, 0.4) is 0 Å². The Kier molecular flexibility index (Phi) is 6.67. The van der Waals surface area contributed by atoms with Gasteiger partial charge in [-0.2, -0.15) is 0 Å². The molecule has 0 saturated heterocycles. The van der Waals surface area contributed by atoms with Crippen LogP contribution in [0.25, 0.3) is 10.4 Å². The monoisotopic (exact) mass is 268 g/mol. The molecule has 1 N–H and O–H groups in total. The molecule has 0 aromatic carbocycles. The Morgan fingerprint density at radius 1 is 1.58 bits per heavy atom. The summed E-state index contributed by atoms with van der Waals surface area (Å²) in [5, 5.41) is 6.87. The first kappa shape index (κ1) is 15.8. The fourth-order valence-electron chi connectivity index (χ4n) is 2.75. The van der Waals surface area contributed by atoms with E-state index in [1.807, 2.05) is 6.92 Å². The number of esters is 1. The third-order valence-electron chi connectivity index (χ3n) is 3.88. The molecular weight excluding hydrogens is 244 g/mol. The summed E-state index contributed by atoms with van der Waals surface area (Å²) in [4.78, 5) is 15.0. The molecule has 1 saturated carbocycles. The zero-order valence-corrected chi connectivity index (χ0v) is 11.9. The van der Waals surface area contributed by atoms with Gasteiger partial charge in [0.05, 0.1) is 6.61 Å². The van der Waals surface area contributed by atoms with Crippen molar-refractivity contribution in [3.63, 3.8) is 0 Å². The second-order valence-electron chi connectivity index (χ2n) is 5.07. The molecule has 1 aliphatic rings. The average Bonchev–Trinajstić information content (AvgIpc) is 2.41. The van der Waals surface area contributed by atoms with E-state index in [-0.39, 0.29) is 11.9 Å². The summed E-state index contributed by atoms with van der Waals surface area (Å²) >= 11 is 0. The number of rotatable bonds is 7. The van der Waals surface area contributed by atoms with E-state index >= 15 is 0 Å². The largest absolute Gasteiger partial charge is 0.465 e. The SMILES string of the molecule is CCOC(=O)C1(NCCCN=[N+]=[N-])CCCCC1C. The number of nitrogens with one attached hydrogen (secondary N) is 1. The van der Waals surface area contributed by atoms with Crippen molar-refractivity contribution >= 4 is 5.97 Å². The number of carbonyl (C=O) groups is 1. The number of hydrogen-bond donors (Lipinski definition) is 1. The van der Waals surface area contributed by atoms with Gasteiger partial charge < -0.3 is 10.1 Å². The van der Waals surface area contributed by atoms with Crippen molar-refractivity contribution in [2.24, 2.45) is 11.0 Å². The van der Waals surface area contributed by atoms with Gasteiger partial charge in [-0.1, -0.05) is 24.9 Å². The summed E-state index contributed by atoms with van der Waals surface area (Å²) in [6.45, 7) is 5.48. The molecule has 0 aromatic heterocycles. The second kappa shape index (κ2) is 8.02. The summed E-state index contributed by atoms with van der Waals surface area (Å²) in [5.41, 5.74) is 7.68. The van der Waals surface area contributed by atoms with E-state index < -0.39 is 5.54 Å². The van der Waals surface area contributed by atoms with Gasteiger partial charge in [-0.25, -0.2) is 0 Å². The molecule has 108 valence electrons. The molecule has 6 heteroatoms. The lowest BCUT2D eigenvalue weighted by molar-refractivity contribution is -0.155. The minimum Gasteiger partial charge on any atom is -0.465 e. The predicted molar refractivity (Wildman–Crippen MR) is 73.6 cm³/mol. The van der Waals surface area contributed by atoms with Gasteiger partial charge in [0.2, 0.25) is 0 Å². The van der Waals surface area contributed by atoms with E-state index in [0.717, 1.165) is 25.7 Å². The zero-order valence-electron chi connectivity index (χ0n) is 11.9. The molecule has 6 nitrogen and oxygen atoms in total. The van der Waals surface area contributed by atoms with E-state index in [0.29, 0.717) is 19.7 Å². The van der Waals surface area contributed by atoms with Crippen LogP contribution in [0.2, 0.25) is 0 Å². The van der Waals surface area contributed by atoms with Crippen molar-refractivity contribution in [3.8, 4) is 0 Å². The summed E-state index contributed by atoms with van der Waals surface area (Å²) in [7, 11) is 0. The molecule has 1 aliphatic carbocycles. The van der Waals surface area contributed by atoms with Gasteiger partial charge in [0, 0.05) is 11.5 Å². The molecule has 0 amide bonds. The van der Waals surface area contributed by atoms with Gasteiger partial charge in [0.25, 0.3) is 0 Å². The number of azide groups is 1. The lowest BCUT2D eigenvalue weighted by atomic mass is 9.73. The van der Waals surface area contributed by atoms with Gasteiger partial charge in [0.15, 0.2) is 0 Å². The maximum Gasteiger partial charge on any atom is 0.326 e. The van der Waals surface area contributed by atoms with Crippen LogP contribution >= 0.6 is 0 Å². The van der Waals surface area contributed by atoms with Gasteiger partial charge in [-0.15, -0.1) is 0 Å². The third-order valence-corrected chi connectivity index (χ3v) is 3.88. The van der Waals surface area contributed by atoms with Crippen LogP contribution in [-0.4, -0.2) is 31.2 Å². The van der Waals surface area contributed by atoms with Crippen molar-refractivity contribution in [1.29, 1.82) is 0 Å². The maximum atomic E-state index is 12.3. The van der Waals surface area contributed by atoms with Crippen LogP contribution in [0, 0.1) is 5.92 Å². The van der Waals surface area contributed by atoms with E-state index in [4.69, 9.17) is 10.3 Å². The highest BCUT2D eigenvalue weighted by atomic mass is 16.5. The van der Waals surface area contributed by atoms with Crippen molar-refractivity contribution in [2.45, 2.75) is 51.5 Å². The van der Waals surface area contributed by atoms with E-state index in [1.165, 1.54) is 6.42 Å². The van der Waals surface area contributed by atoms with Gasteiger partial charge in [-0.3, -0.25) is 4.79 Å². The van der Waals surface area contributed by atoms with Crippen LogP contribution in [0.1, 0.15) is 46.0 Å². The predicted octanol–water partition coefficient (Wildman–Crippen LogP) is 2.79. The molecule has 0 spiro atoms. The van der Waals surface area contributed by atoms with Crippen LogP contribution in [-0.2, 0) is 9.53 Å². The number of nitrogens with zero attached hydrogens (tertiary/aromatic N) is 3. The van der Waals surface area contributed by atoms with Crippen molar-refractivity contribution in [3.05, 3.63) is 10.4 Å². The van der Waals surface area contributed by atoms with Crippen molar-refractivity contribution in [1.82, 2.24) is 5.32 Å². The molecule has 0 radical (unpaired) electrons. The Bertz CT molecular complexity index is 342. The fourth-order valence-corrected chi connectivity index (χ4v) is 2.75. The zero-order chi connectivity index (χ0) is 14.1. The average molecular weight is 268 g/mol. The Balaban J connectivity index is 2.63. The number of ether oxygens (including phenoxy) is 1. The highest BCUT2D eigenvalue weighted by Crippen LogP contribution is 2.34. The Hall–Kier alpha value is -1.26. The smallest absolute Gasteiger partial charge is 0.326 e. The third kappa shape index (κ3) is 4.11. The van der Waals surface area contributed by atoms with Crippen LogP contribution in [0.4, 0.5) is 0 Å². The minimum atomic E-state index is -0.551. The van der Waals surface area contributed by atoms with Crippen molar-refractivity contribution in [2.75, 3.05) is 19.7 Å². The van der Waals surface area contributed by atoms with Crippen LogP contribution in [0.15, 0.2) is 5.11 Å². The summed E-state index contributed by atoms with van der Waals surface area (Å²) in [6.07, 6.45) is 4.82. The van der Waals surface area contributed by atoms with E-state index in [9.17, 15) is 4.79 Å². The molecule has 0 aliphatic heterocycles. The number of hydrogen-bond acceptors (Lipinski definition) is 4. The molecule has 1 rings (SSSR count). The first-order valence-electron chi connectivity index (χ1n) is 7.10. The van der Waals surface area contributed by atoms with Gasteiger partial charge in [0.1, 0.15) is 5.54 Å². The number of carbonyl (C=O) groups excluding carboxylic acids is 1. The molecule has 0 heterocycles. The highest BCUT2D eigenvalue weighted by molar-refractivity contribution is 5.81. The quantitative estimate of drug-likeness (QED) is 0.253. The molecule has 1 fully saturated rings. The second-order valence-corrected chi connectivity index (χ2v) is 5.07. The standard InChI is InChI=1S/C13H24N4O2/c1-3-19-12(18)13(8-5-4-7-11(13)2)15-9-6-10-16-17-14/h11,15H,3-10H2,1-2H3. The topological polar surface area (TPSA) is 87.1 Å². The molecule has 2 unspecified atom stereocenters. The summed E-state index contributed by atoms with van der Waals surface area (Å²) < 4.78 is 5.25. The van der Waals surface area contributed by atoms with Gasteiger partial charge >= 0.3 is 5.97 Å². The molecule has 0 aromatic rings. The van der Waals surface area contributed by atoms with Gasteiger partial charge in [-0.05, 0) is 44.2 Å². The maximum absolute atomic E-state index is 12.3. The summed E-state index contributed by atoms with van der Waals surface area (Å²) in [5.74, 6) is 0.144. The van der Waals surface area contributed by atoms with Crippen molar-refractivity contribution < 1.29 is 9.53 Å². The Morgan fingerprint density at radius 2 is 2.37 bits per heavy atom. The highest BCUT2D eigenvalue weighted by Gasteiger charge is 2.45. The Morgan fingerprint density at radius 3 is 3.00 bits per heavy atom. The molecule has 2 atom stereocenters. The van der Waals surface area contributed by atoms with Crippen LogP contribution < -0.4 is 5.32 Å². The van der Waals surface area contributed by atoms with Crippen LogP contribution in [0.5, 0.6) is 0 Å². The fraction of sp³-hybridized carbons (Fsp3) is 0.923. The lowest BCUT2D eigenvalue weighted by Crippen LogP contribution is -2.59. The Labute approximate surface area is 114 Å². The molecule has 0 bridgehead atoms. The minimum absolute atomic E-state index is 0.133. The van der Waals surface area contributed by atoms with E-state index in [2.05, 4.69) is 22.3 Å². The molecular formula is C13H24N4O2. The normalized spacial score (nSPS) is 26.5. The summed E-state index contributed by atoms with van der Waals surface area (Å²) in [6, 6.07) is 0. The van der Waals surface area contributed by atoms with E-state index in [1.54, 1.807) is 0 Å². The lowest BCUT2D eigenvalue weighted by Gasteiger charge is -2.41. The first-order chi connectivity index (χ1) is 9.17. The molecule has 19 heavy (non-hydrogen) atoms. The first-order valence-corrected chi connectivity index (χ1v) is 7.10.